The first-order chi connectivity index (χ1) is 9.42. The zero-order valence-corrected chi connectivity index (χ0v) is 11.7. The molecule has 0 bridgehead atoms. The normalized spacial score (nSPS) is 20.9. The molecule has 0 aromatic heterocycles. The number of nitrogens with one attached hydrogen (secondary N) is 1. The fraction of sp³-hybridized carbons (Fsp3) is 0.500. The molecule has 0 spiro atoms. The average molecular weight is 305 g/mol. The van der Waals surface area contributed by atoms with E-state index in [9.17, 15) is 17.2 Å². The fourth-order valence-electron chi connectivity index (χ4n) is 2.21. The minimum absolute atomic E-state index is 0.00114. The van der Waals surface area contributed by atoms with Crippen LogP contribution in [0.4, 0.5) is 14.5 Å². The average Bonchev–Trinajstić information content (AvgIpc) is 2.43. The van der Waals surface area contributed by atoms with E-state index in [4.69, 9.17) is 5.73 Å². The van der Waals surface area contributed by atoms with Crippen molar-refractivity contribution < 1.29 is 17.2 Å². The molecule has 1 unspecified atom stereocenters. The Labute approximate surface area is 116 Å². The minimum Gasteiger partial charge on any atom is -0.330 e. The van der Waals surface area contributed by atoms with Crippen molar-refractivity contribution in [2.75, 3.05) is 24.4 Å². The topological polar surface area (TPSA) is 75.4 Å². The SMILES string of the molecule is NCC1CCCN(S(=O)(=O)Nc2ccc(F)c(F)c2)C1. The minimum atomic E-state index is -3.77. The van der Waals surface area contributed by atoms with E-state index in [0.29, 0.717) is 19.6 Å². The van der Waals surface area contributed by atoms with Crippen molar-refractivity contribution in [1.29, 1.82) is 0 Å². The molecule has 20 heavy (non-hydrogen) atoms. The molecule has 1 atom stereocenters. The van der Waals surface area contributed by atoms with Gasteiger partial charge < -0.3 is 5.73 Å². The van der Waals surface area contributed by atoms with E-state index in [0.717, 1.165) is 25.0 Å². The van der Waals surface area contributed by atoms with Crippen LogP contribution in [-0.4, -0.2) is 32.4 Å². The predicted octanol–water partition coefficient (Wildman–Crippen LogP) is 1.29. The Hall–Kier alpha value is -1.25. The van der Waals surface area contributed by atoms with Gasteiger partial charge in [0.05, 0.1) is 5.69 Å². The summed E-state index contributed by atoms with van der Waals surface area (Å²) in [6.07, 6.45) is 1.63. The molecule has 8 heteroatoms. The second-order valence-electron chi connectivity index (χ2n) is 4.84. The van der Waals surface area contributed by atoms with Gasteiger partial charge in [-0.15, -0.1) is 0 Å². The summed E-state index contributed by atoms with van der Waals surface area (Å²) in [6.45, 7) is 1.17. The first-order valence-corrected chi connectivity index (χ1v) is 7.79. The van der Waals surface area contributed by atoms with Gasteiger partial charge in [-0.2, -0.15) is 12.7 Å². The maximum atomic E-state index is 13.1. The van der Waals surface area contributed by atoms with Crippen LogP contribution < -0.4 is 10.5 Å². The van der Waals surface area contributed by atoms with Crippen molar-refractivity contribution in [3.63, 3.8) is 0 Å². The third kappa shape index (κ3) is 3.44. The first-order valence-electron chi connectivity index (χ1n) is 6.35. The molecular weight excluding hydrogens is 288 g/mol. The summed E-state index contributed by atoms with van der Waals surface area (Å²) in [5.41, 5.74) is 5.56. The summed E-state index contributed by atoms with van der Waals surface area (Å²) < 4.78 is 53.8. The van der Waals surface area contributed by atoms with Gasteiger partial charge in [0.25, 0.3) is 0 Å². The summed E-state index contributed by atoms with van der Waals surface area (Å²) in [5, 5.41) is 0. The number of anilines is 1. The molecule has 1 fully saturated rings. The van der Waals surface area contributed by atoms with Crippen LogP contribution in [0.15, 0.2) is 18.2 Å². The van der Waals surface area contributed by atoms with Crippen molar-refractivity contribution in [2.45, 2.75) is 12.8 Å². The Morgan fingerprint density at radius 2 is 2.10 bits per heavy atom. The maximum absolute atomic E-state index is 13.1. The lowest BCUT2D eigenvalue weighted by Gasteiger charge is -2.31. The van der Waals surface area contributed by atoms with Crippen molar-refractivity contribution in [3.05, 3.63) is 29.8 Å². The fourth-order valence-corrected chi connectivity index (χ4v) is 3.54. The number of piperidine rings is 1. The van der Waals surface area contributed by atoms with Crippen LogP contribution in [0.3, 0.4) is 0 Å². The quantitative estimate of drug-likeness (QED) is 0.880. The summed E-state index contributed by atoms with van der Waals surface area (Å²) in [6, 6.07) is 2.88. The molecule has 1 aliphatic rings. The number of rotatable bonds is 4. The van der Waals surface area contributed by atoms with E-state index in [2.05, 4.69) is 4.72 Å². The van der Waals surface area contributed by atoms with E-state index in [1.807, 2.05) is 0 Å². The standard InChI is InChI=1S/C12H17F2N3O2S/c13-11-4-3-10(6-12(11)14)16-20(18,19)17-5-1-2-9(7-15)8-17/h3-4,6,9,16H,1-2,5,7-8,15H2. The van der Waals surface area contributed by atoms with E-state index in [1.54, 1.807) is 0 Å². The van der Waals surface area contributed by atoms with Crippen LogP contribution in [-0.2, 0) is 10.2 Å². The van der Waals surface area contributed by atoms with Gasteiger partial charge in [0.2, 0.25) is 0 Å². The van der Waals surface area contributed by atoms with Crippen LogP contribution in [0.1, 0.15) is 12.8 Å². The van der Waals surface area contributed by atoms with Gasteiger partial charge in [0, 0.05) is 19.2 Å². The van der Waals surface area contributed by atoms with Gasteiger partial charge in [0.15, 0.2) is 11.6 Å². The Morgan fingerprint density at radius 3 is 2.75 bits per heavy atom. The second-order valence-corrected chi connectivity index (χ2v) is 6.51. The van der Waals surface area contributed by atoms with Crippen LogP contribution in [0.2, 0.25) is 0 Å². The largest absolute Gasteiger partial charge is 0.330 e. The Kier molecular flexibility index (Phi) is 4.56. The van der Waals surface area contributed by atoms with Gasteiger partial charge in [0.1, 0.15) is 0 Å². The zero-order valence-electron chi connectivity index (χ0n) is 10.9. The Bertz CT molecular complexity index is 580. The number of benzene rings is 1. The number of nitrogens with two attached hydrogens (primary N) is 1. The van der Waals surface area contributed by atoms with Crippen LogP contribution >= 0.6 is 0 Å². The van der Waals surface area contributed by atoms with Crippen LogP contribution in [0, 0.1) is 17.6 Å². The number of nitrogens with zero attached hydrogens (tertiary/aromatic N) is 1. The Balaban J connectivity index is 2.12. The molecule has 0 saturated carbocycles. The second kappa shape index (κ2) is 6.02. The van der Waals surface area contributed by atoms with E-state index in [1.165, 1.54) is 10.4 Å². The highest BCUT2D eigenvalue weighted by Gasteiger charge is 2.28. The number of hydrogen-bond donors (Lipinski definition) is 2. The monoisotopic (exact) mass is 305 g/mol. The summed E-state index contributed by atoms with van der Waals surface area (Å²) >= 11 is 0. The maximum Gasteiger partial charge on any atom is 0.301 e. The Morgan fingerprint density at radius 1 is 1.35 bits per heavy atom. The lowest BCUT2D eigenvalue weighted by Crippen LogP contribution is -2.44. The van der Waals surface area contributed by atoms with Gasteiger partial charge in [-0.1, -0.05) is 0 Å². The highest BCUT2D eigenvalue weighted by molar-refractivity contribution is 7.90. The highest BCUT2D eigenvalue weighted by atomic mass is 32.2. The molecule has 2 rings (SSSR count). The summed E-state index contributed by atoms with van der Waals surface area (Å²) in [7, 11) is -3.77. The molecule has 0 amide bonds. The van der Waals surface area contributed by atoms with E-state index >= 15 is 0 Å². The third-order valence-corrected chi connectivity index (χ3v) is 4.83. The third-order valence-electron chi connectivity index (χ3n) is 3.32. The molecule has 1 saturated heterocycles. The molecule has 0 aliphatic carbocycles. The number of halogens is 2. The summed E-state index contributed by atoms with van der Waals surface area (Å²) in [4.78, 5) is 0. The van der Waals surface area contributed by atoms with Gasteiger partial charge in [-0.3, -0.25) is 4.72 Å². The van der Waals surface area contributed by atoms with Crippen molar-refractivity contribution in [2.24, 2.45) is 11.7 Å². The first kappa shape index (κ1) is 15.1. The summed E-state index contributed by atoms with van der Waals surface area (Å²) in [5.74, 6) is -1.98. The lowest BCUT2D eigenvalue weighted by atomic mass is 10.0. The van der Waals surface area contributed by atoms with Crippen molar-refractivity contribution in [3.8, 4) is 0 Å². The predicted molar refractivity (Wildman–Crippen MR) is 72.3 cm³/mol. The molecule has 1 aliphatic heterocycles. The smallest absolute Gasteiger partial charge is 0.301 e. The van der Waals surface area contributed by atoms with E-state index in [-0.39, 0.29) is 11.6 Å². The van der Waals surface area contributed by atoms with E-state index < -0.39 is 21.8 Å². The molecule has 0 radical (unpaired) electrons. The molecule has 1 heterocycles. The van der Waals surface area contributed by atoms with Gasteiger partial charge in [-0.05, 0) is 37.4 Å². The molecule has 1 aromatic rings. The molecular formula is C12H17F2N3O2S. The highest BCUT2D eigenvalue weighted by Crippen LogP contribution is 2.21. The van der Waals surface area contributed by atoms with Crippen LogP contribution in [0.25, 0.3) is 0 Å². The molecule has 1 aromatic carbocycles. The molecule has 3 N–H and O–H groups in total. The van der Waals surface area contributed by atoms with Gasteiger partial charge in [-0.25, -0.2) is 8.78 Å². The van der Waals surface area contributed by atoms with Crippen molar-refractivity contribution >= 4 is 15.9 Å². The lowest BCUT2D eigenvalue weighted by molar-refractivity contribution is 0.273. The molecule has 5 nitrogen and oxygen atoms in total. The zero-order chi connectivity index (χ0) is 14.8. The van der Waals surface area contributed by atoms with Crippen molar-refractivity contribution in [1.82, 2.24) is 4.31 Å². The van der Waals surface area contributed by atoms with Crippen LogP contribution in [0.5, 0.6) is 0 Å². The molecule has 112 valence electrons. The van der Waals surface area contributed by atoms with Gasteiger partial charge >= 0.3 is 10.2 Å². The number of hydrogen-bond acceptors (Lipinski definition) is 3.